The number of benzene rings is 1. The Hall–Kier alpha value is -2.96. The highest BCUT2D eigenvalue weighted by atomic mass is 16.7. The van der Waals surface area contributed by atoms with Crippen molar-refractivity contribution in [3.05, 3.63) is 47.9 Å². The zero-order valence-electron chi connectivity index (χ0n) is 14.0. The van der Waals surface area contributed by atoms with E-state index in [9.17, 15) is 9.59 Å². The average molecular weight is 344 g/mol. The third kappa shape index (κ3) is 4.53. The van der Waals surface area contributed by atoms with Crippen molar-refractivity contribution in [3.8, 4) is 11.5 Å². The summed E-state index contributed by atoms with van der Waals surface area (Å²) in [4.78, 5) is 25.3. The molecular weight excluding hydrogens is 324 g/mol. The second-order valence-electron chi connectivity index (χ2n) is 5.73. The van der Waals surface area contributed by atoms with E-state index < -0.39 is 0 Å². The highest BCUT2D eigenvalue weighted by Gasteiger charge is 2.15. The van der Waals surface area contributed by atoms with Crippen LogP contribution in [0.15, 0.2) is 41.0 Å². The summed E-state index contributed by atoms with van der Waals surface area (Å²) in [5.74, 6) is 1.87. The molecule has 0 fully saturated rings. The molecule has 132 valence electrons. The van der Waals surface area contributed by atoms with E-state index in [0.717, 1.165) is 5.56 Å². The zero-order valence-corrected chi connectivity index (χ0v) is 14.0. The highest BCUT2D eigenvalue weighted by Crippen LogP contribution is 2.32. The van der Waals surface area contributed by atoms with Gasteiger partial charge in [-0.05, 0) is 29.8 Å². The number of furan rings is 1. The van der Waals surface area contributed by atoms with E-state index in [1.807, 2.05) is 18.2 Å². The molecule has 1 aromatic heterocycles. The van der Waals surface area contributed by atoms with Crippen molar-refractivity contribution in [2.75, 3.05) is 13.3 Å². The summed E-state index contributed by atoms with van der Waals surface area (Å²) in [5, 5.41) is 2.85. The zero-order chi connectivity index (χ0) is 17.6. The Morgan fingerprint density at radius 1 is 1.20 bits per heavy atom. The Morgan fingerprint density at radius 2 is 2.04 bits per heavy atom. The van der Waals surface area contributed by atoms with E-state index in [4.69, 9.17) is 13.9 Å². The Bertz CT molecular complexity index is 742. The number of nitrogens with one attached hydrogen (secondary N) is 1. The molecule has 2 aromatic rings. The maximum atomic E-state index is 12.1. The summed E-state index contributed by atoms with van der Waals surface area (Å²) in [6, 6.07) is 9.13. The minimum Gasteiger partial charge on any atom is -0.467 e. The molecule has 25 heavy (non-hydrogen) atoms. The van der Waals surface area contributed by atoms with Crippen molar-refractivity contribution >= 4 is 11.8 Å². The smallest absolute Gasteiger partial charge is 0.231 e. The number of fused-ring (bicyclic) bond motifs is 1. The maximum absolute atomic E-state index is 12.1. The molecular formula is C18H20N2O5. The van der Waals surface area contributed by atoms with Crippen LogP contribution in [0.4, 0.5) is 0 Å². The number of hydrogen-bond acceptors (Lipinski definition) is 5. The van der Waals surface area contributed by atoms with Crippen LogP contribution >= 0.6 is 0 Å². The molecule has 3 rings (SSSR count). The van der Waals surface area contributed by atoms with E-state index in [-0.39, 0.29) is 25.0 Å². The third-order valence-electron chi connectivity index (χ3n) is 3.91. The van der Waals surface area contributed by atoms with Gasteiger partial charge in [0, 0.05) is 26.4 Å². The van der Waals surface area contributed by atoms with Crippen molar-refractivity contribution in [1.82, 2.24) is 10.2 Å². The van der Waals surface area contributed by atoms with E-state index in [1.165, 1.54) is 6.92 Å². The topological polar surface area (TPSA) is 81.0 Å². The molecule has 0 radical (unpaired) electrons. The highest BCUT2D eigenvalue weighted by molar-refractivity contribution is 5.78. The largest absolute Gasteiger partial charge is 0.467 e. The molecule has 7 nitrogen and oxygen atoms in total. The molecule has 1 N–H and O–H groups in total. The summed E-state index contributed by atoms with van der Waals surface area (Å²) >= 11 is 0. The molecule has 1 aromatic carbocycles. The van der Waals surface area contributed by atoms with Gasteiger partial charge in [0.1, 0.15) is 5.76 Å². The van der Waals surface area contributed by atoms with Crippen LogP contribution in [0.25, 0.3) is 0 Å². The van der Waals surface area contributed by atoms with Gasteiger partial charge in [-0.1, -0.05) is 6.07 Å². The Kier molecular flexibility index (Phi) is 5.23. The maximum Gasteiger partial charge on any atom is 0.231 e. The van der Waals surface area contributed by atoms with Gasteiger partial charge in [0.25, 0.3) is 0 Å². The predicted molar refractivity (Wildman–Crippen MR) is 88.8 cm³/mol. The van der Waals surface area contributed by atoms with Crippen LogP contribution in [0.3, 0.4) is 0 Å². The predicted octanol–water partition coefficient (Wildman–Crippen LogP) is 2.06. The Balaban J connectivity index is 1.46. The lowest BCUT2D eigenvalue weighted by atomic mass is 10.2. The molecule has 2 amide bonds. The van der Waals surface area contributed by atoms with E-state index in [1.54, 1.807) is 23.3 Å². The van der Waals surface area contributed by atoms with Crippen LogP contribution < -0.4 is 14.8 Å². The quantitative estimate of drug-likeness (QED) is 0.831. The fraction of sp³-hybridized carbons (Fsp3) is 0.333. The second kappa shape index (κ2) is 7.74. The van der Waals surface area contributed by atoms with Crippen molar-refractivity contribution < 1.29 is 23.5 Å². The van der Waals surface area contributed by atoms with Gasteiger partial charge < -0.3 is 24.1 Å². The summed E-state index contributed by atoms with van der Waals surface area (Å²) in [7, 11) is 0. The lowest BCUT2D eigenvalue weighted by Gasteiger charge is -2.19. The average Bonchev–Trinajstić information content (AvgIpc) is 3.27. The molecule has 1 aliphatic heterocycles. The molecule has 1 aliphatic rings. The Labute approximate surface area is 145 Å². The first-order chi connectivity index (χ1) is 12.1. The van der Waals surface area contributed by atoms with Crippen molar-refractivity contribution in [3.63, 3.8) is 0 Å². The van der Waals surface area contributed by atoms with Gasteiger partial charge >= 0.3 is 0 Å². The third-order valence-corrected chi connectivity index (χ3v) is 3.91. The molecule has 0 aliphatic carbocycles. The number of carbonyl (C=O) groups excluding carboxylic acids is 2. The first-order valence-corrected chi connectivity index (χ1v) is 8.05. The lowest BCUT2D eigenvalue weighted by molar-refractivity contribution is -0.130. The summed E-state index contributed by atoms with van der Waals surface area (Å²) in [6.45, 7) is 2.80. The van der Waals surface area contributed by atoms with Crippen LogP contribution in [-0.4, -0.2) is 30.1 Å². The number of carbonyl (C=O) groups is 2. The SMILES string of the molecule is CC(=O)N(CCC(=O)NCc1ccc2c(c1)OCO2)Cc1ccco1. The summed E-state index contributed by atoms with van der Waals surface area (Å²) in [6.07, 6.45) is 1.79. The molecule has 0 atom stereocenters. The van der Waals surface area contributed by atoms with E-state index in [2.05, 4.69) is 5.32 Å². The van der Waals surface area contributed by atoms with Crippen molar-refractivity contribution in [1.29, 1.82) is 0 Å². The monoisotopic (exact) mass is 344 g/mol. The van der Waals surface area contributed by atoms with Crippen molar-refractivity contribution in [2.45, 2.75) is 26.4 Å². The van der Waals surface area contributed by atoms with Crippen LogP contribution in [0.1, 0.15) is 24.7 Å². The first kappa shape index (κ1) is 16.9. The normalized spacial score (nSPS) is 12.0. The van der Waals surface area contributed by atoms with Crippen LogP contribution in [0, 0.1) is 0 Å². The fourth-order valence-electron chi connectivity index (χ4n) is 2.51. The minimum absolute atomic E-state index is 0.0972. The molecule has 0 saturated carbocycles. The fourth-order valence-corrected chi connectivity index (χ4v) is 2.51. The van der Waals surface area contributed by atoms with E-state index >= 15 is 0 Å². The molecule has 0 unspecified atom stereocenters. The summed E-state index contributed by atoms with van der Waals surface area (Å²) < 4.78 is 15.8. The van der Waals surface area contributed by atoms with Crippen molar-refractivity contribution in [2.24, 2.45) is 0 Å². The van der Waals surface area contributed by atoms with Crippen LogP contribution in [-0.2, 0) is 22.7 Å². The summed E-state index contributed by atoms with van der Waals surface area (Å²) in [5.41, 5.74) is 0.927. The molecule has 7 heteroatoms. The number of amides is 2. The molecule has 2 heterocycles. The van der Waals surface area contributed by atoms with E-state index in [0.29, 0.717) is 36.9 Å². The molecule has 0 spiro atoms. The van der Waals surface area contributed by atoms with Gasteiger partial charge in [0.2, 0.25) is 18.6 Å². The van der Waals surface area contributed by atoms with Gasteiger partial charge in [-0.15, -0.1) is 0 Å². The lowest BCUT2D eigenvalue weighted by Crippen LogP contribution is -2.33. The van der Waals surface area contributed by atoms with Gasteiger partial charge in [-0.25, -0.2) is 0 Å². The number of hydrogen-bond donors (Lipinski definition) is 1. The van der Waals surface area contributed by atoms with Crippen LogP contribution in [0.5, 0.6) is 11.5 Å². The van der Waals surface area contributed by atoms with Gasteiger partial charge in [0.15, 0.2) is 11.5 Å². The van der Waals surface area contributed by atoms with Gasteiger partial charge in [0.05, 0.1) is 12.8 Å². The standard InChI is InChI=1S/C18H20N2O5/c1-13(21)20(11-15-3-2-8-23-15)7-6-18(22)19-10-14-4-5-16-17(9-14)25-12-24-16/h2-5,8-9H,6-7,10-12H2,1H3,(H,19,22). The first-order valence-electron chi connectivity index (χ1n) is 8.05. The number of rotatable bonds is 7. The molecule has 0 saturated heterocycles. The minimum atomic E-state index is -0.122. The molecule has 0 bridgehead atoms. The second-order valence-corrected chi connectivity index (χ2v) is 5.73. The van der Waals surface area contributed by atoms with Gasteiger partial charge in [-0.3, -0.25) is 9.59 Å². The van der Waals surface area contributed by atoms with Gasteiger partial charge in [-0.2, -0.15) is 0 Å². The Morgan fingerprint density at radius 3 is 2.80 bits per heavy atom. The number of nitrogens with zero attached hydrogens (tertiary/aromatic N) is 1. The van der Waals surface area contributed by atoms with Crippen LogP contribution in [0.2, 0.25) is 0 Å². The number of ether oxygens (including phenoxy) is 2.